The third-order valence-corrected chi connectivity index (χ3v) is 2.87. The molecule has 116 valence electrons. The molecule has 1 aromatic carbocycles. The third kappa shape index (κ3) is 3.85. The smallest absolute Gasteiger partial charge is 0.356 e. The number of carbonyl (C=O) groups is 1. The van der Waals surface area contributed by atoms with Crippen molar-refractivity contribution in [1.82, 2.24) is 9.97 Å². The van der Waals surface area contributed by atoms with Crippen molar-refractivity contribution in [2.24, 2.45) is 0 Å². The fourth-order valence-electron chi connectivity index (χ4n) is 1.82. The molecule has 0 aliphatic rings. The predicted molar refractivity (Wildman–Crippen MR) is 80.5 cm³/mol. The van der Waals surface area contributed by atoms with Crippen LogP contribution in [0.5, 0.6) is 11.5 Å². The van der Waals surface area contributed by atoms with Crippen molar-refractivity contribution in [3.8, 4) is 11.5 Å². The van der Waals surface area contributed by atoms with E-state index in [0.29, 0.717) is 30.5 Å². The lowest BCUT2D eigenvalue weighted by molar-refractivity contribution is 0.0690. The molecule has 0 aliphatic heterocycles. The Morgan fingerprint density at radius 1 is 1.27 bits per heavy atom. The molecular weight excluding hydrogens is 286 g/mol. The normalized spacial score (nSPS) is 10.1. The summed E-state index contributed by atoms with van der Waals surface area (Å²) in [4.78, 5) is 18.5. The van der Waals surface area contributed by atoms with Crippen molar-refractivity contribution in [3.05, 3.63) is 41.9 Å². The number of rotatable bonds is 7. The number of hydrogen-bond acceptors (Lipinski definition) is 6. The number of aromatic nitrogens is 2. The first kappa shape index (κ1) is 15.6. The number of benzene rings is 1. The fraction of sp³-hybridized carbons (Fsp3) is 0.267. The van der Waals surface area contributed by atoms with E-state index in [1.165, 1.54) is 12.4 Å². The molecule has 2 rings (SSSR count). The first-order chi connectivity index (χ1) is 10.6. The maximum Gasteiger partial charge on any atom is 0.356 e. The van der Waals surface area contributed by atoms with E-state index in [-0.39, 0.29) is 5.69 Å². The van der Waals surface area contributed by atoms with Gasteiger partial charge >= 0.3 is 5.97 Å². The zero-order valence-electron chi connectivity index (χ0n) is 12.4. The Morgan fingerprint density at radius 3 is 2.68 bits per heavy atom. The van der Waals surface area contributed by atoms with Gasteiger partial charge in [-0.05, 0) is 24.6 Å². The van der Waals surface area contributed by atoms with Gasteiger partial charge in [-0.2, -0.15) is 0 Å². The summed E-state index contributed by atoms with van der Waals surface area (Å²) >= 11 is 0. The van der Waals surface area contributed by atoms with Gasteiger partial charge in [0.1, 0.15) is 5.82 Å². The number of nitrogens with zero attached hydrogens (tertiary/aromatic N) is 2. The minimum Gasteiger partial charge on any atom is -0.493 e. The van der Waals surface area contributed by atoms with Gasteiger partial charge in [0, 0.05) is 6.54 Å². The van der Waals surface area contributed by atoms with Crippen LogP contribution in [0.3, 0.4) is 0 Å². The minimum absolute atomic E-state index is 0.0892. The van der Waals surface area contributed by atoms with E-state index in [2.05, 4.69) is 15.3 Å². The Morgan fingerprint density at radius 2 is 2.09 bits per heavy atom. The molecule has 0 saturated heterocycles. The highest BCUT2D eigenvalue weighted by Crippen LogP contribution is 2.28. The lowest BCUT2D eigenvalue weighted by Crippen LogP contribution is -2.06. The Hall–Kier alpha value is -2.83. The Kier molecular flexibility index (Phi) is 5.13. The van der Waals surface area contributed by atoms with Gasteiger partial charge in [0.15, 0.2) is 17.2 Å². The highest BCUT2D eigenvalue weighted by Gasteiger charge is 2.07. The van der Waals surface area contributed by atoms with E-state index in [9.17, 15) is 4.79 Å². The molecule has 7 heteroatoms. The molecule has 1 aromatic heterocycles. The van der Waals surface area contributed by atoms with E-state index in [4.69, 9.17) is 14.6 Å². The molecule has 2 N–H and O–H groups in total. The lowest BCUT2D eigenvalue weighted by Gasteiger charge is -2.11. The topological polar surface area (TPSA) is 93.6 Å². The summed E-state index contributed by atoms with van der Waals surface area (Å²) in [5.74, 6) is 0.752. The molecule has 0 fully saturated rings. The summed E-state index contributed by atoms with van der Waals surface area (Å²) in [6.45, 7) is 2.96. The Balaban J connectivity index is 2.04. The number of ether oxygens (including phenoxy) is 2. The summed E-state index contributed by atoms with van der Waals surface area (Å²) in [6.07, 6.45) is 2.60. The maximum absolute atomic E-state index is 10.7. The zero-order valence-corrected chi connectivity index (χ0v) is 12.4. The molecule has 0 amide bonds. The van der Waals surface area contributed by atoms with E-state index in [1.54, 1.807) is 7.11 Å². The van der Waals surface area contributed by atoms with Crippen LogP contribution in [0.2, 0.25) is 0 Å². The largest absolute Gasteiger partial charge is 0.493 e. The molecular formula is C15H17N3O4. The van der Waals surface area contributed by atoms with Gasteiger partial charge in [-0.3, -0.25) is 0 Å². The van der Waals surface area contributed by atoms with Crippen LogP contribution in [-0.4, -0.2) is 34.8 Å². The quantitative estimate of drug-likeness (QED) is 0.809. The molecule has 0 saturated carbocycles. The lowest BCUT2D eigenvalue weighted by atomic mass is 10.2. The molecule has 1 heterocycles. The summed E-state index contributed by atoms with van der Waals surface area (Å²) in [6, 6.07) is 5.63. The van der Waals surface area contributed by atoms with Gasteiger partial charge in [0.05, 0.1) is 26.1 Å². The number of nitrogens with one attached hydrogen (secondary N) is 1. The van der Waals surface area contributed by atoms with Crippen LogP contribution in [0, 0.1) is 0 Å². The Bertz CT molecular complexity index is 644. The average Bonchev–Trinajstić information content (AvgIpc) is 2.54. The molecule has 0 spiro atoms. The number of carboxylic acid groups (broad SMARTS) is 1. The van der Waals surface area contributed by atoms with Crippen molar-refractivity contribution < 1.29 is 19.4 Å². The molecule has 0 atom stereocenters. The molecule has 2 aromatic rings. The number of aromatic carboxylic acids is 1. The summed E-state index contributed by atoms with van der Waals surface area (Å²) in [5.41, 5.74) is 0.891. The Labute approximate surface area is 127 Å². The highest BCUT2D eigenvalue weighted by atomic mass is 16.5. The molecule has 0 radical (unpaired) electrons. The van der Waals surface area contributed by atoms with Gasteiger partial charge in [0.25, 0.3) is 0 Å². The second-order valence-electron chi connectivity index (χ2n) is 4.36. The number of hydrogen-bond donors (Lipinski definition) is 2. The highest BCUT2D eigenvalue weighted by molar-refractivity contribution is 5.84. The van der Waals surface area contributed by atoms with E-state index >= 15 is 0 Å². The van der Waals surface area contributed by atoms with Gasteiger partial charge in [-0.1, -0.05) is 6.07 Å². The first-order valence-electron chi connectivity index (χ1n) is 6.73. The van der Waals surface area contributed by atoms with E-state index in [0.717, 1.165) is 5.56 Å². The van der Waals surface area contributed by atoms with Crippen LogP contribution in [0.15, 0.2) is 30.6 Å². The van der Waals surface area contributed by atoms with Crippen LogP contribution in [0.1, 0.15) is 23.0 Å². The van der Waals surface area contributed by atoms with Crippen molar-refractivity contribution in [2.75, 3.05) is 19.0 Å². The van der Waals surface area contributed by atoms with Gasteiger partial charge in [-0.25, -0.2) is 14.8 Å². The molecule has 22 heavy (non-hydrogen) atoms. The molecule has 0 bridgehead atoms. The van der Waals surface area contributed by atoms with Crippen LogP contribution in [0.25, 0.3) is 0 Å². The van der Waals surface area contributed by atoms with Gasteiger partial charge in [-0.15, -0.1) is 0 Å². The summed E-state index contributed by atoms with van der Waals surface area (Å²) in [7, 11) is 1.59. The van der Waals surface area contributed by atoms with Crippen molar-refractivity contribution in [2.45, 2.75) is 13.5 Å². The molecule has 7 nitrogen and oxygen atoms in total. The van der Waals surface area contributed by atoms with Gasteiger partial charge < -0.3 is 19.9 Å². The van der Waals surface area contributed by atoms with Crippen molar-refractivity contribution >= 4 is 11.8 Å². The number of anilines is 1. The van der Waals surface area contributed by atoms with Crippen LogP contribution >= 0.6 is 0 Å². The summed E-state index contributed by atoms with van der Waals surface area (Å²) < 4.78 is 10.7. The minimum atomic E-state index is -1.10. The first-order valence-corrected chi connectivity index (χ1v) is 6.73. The average molecular weight is 303 g/mol. The van der Waals surface area contributed by atoms with Crippen molar-refractivity contribution in [3.63, 3.8) is 0 Å². The number of methoxy groups -OCH3 is 1. The van der Waals surface area contributed by atoms with Crippen LogP contribution in [-0.2, 0) is 6.54 Å². The van der Waals surface area contributed by atoms with E-state index < -0.39 is 5.97 Å². The van der Waals surface area contributed by atoms with Crippen molar-refractivity contribution in [1.29, 1.82) is 0 Å². The number of carboxylic acids is 1. The zero-order chi connectivity index (χ0) is 15.9. The SMILES string of the molecule is CCOc1cc(CNc2cnc(C(=O)O)cn2)ccc1OC. The monoisotopic (exact) mass is 303 g/mol. The standard InChI is InChI=1S/C15H17N3O4/c1-3-22-13-6-10(4-5-12(13)21-2)7-17-14-9-16-11(8-18-14)15(19)20/h4-6,8-9H,3,7H2,1-2H3,(H,17,18)(H,19,20). The third-order valence-electron chi connectivity index (χ3n) is 2.87. The molecule has 0 unspecified atom stereocenters. The second-order valence-corrected chi connectivity index (χ2v) is 4.36. The second kappa shape index (κ2) is 7.26. The van der Waals surface area contributed by atoms with Crippen LogP contribution in [0.4, 0.5) is 5.82 Å². The van der Waals surface area contributed by atoms with Gasteiger partial charge in [0.2, 0.25) is 0 Å². The maximum atomic E-state index is 10.7. The van der Waals surface area contributed by atoms with E-state index in [1.807, 2.05) is 25.1 Å². The fourth-order valence-corrected chi connectivity index (χ4v) is 1.82. The molecule has 0 aliphatic carbocycles. The van der Waals surface area contributed by atoms with Crippen LogP contribution < -0.4 is 14.8 Å². The predicted octanol–water partition coefficient (Wildman–Crippen LogP) is 2.19. The summed E-state index contributed by atoms with van der Waals surface area (Å²) in [5, 5.41) is 11.8.